The average molecular weight is 677 g/mol. The Morgan fingerprint density at radius 3 is 2.27 bits per heavy atom. The quantitative estimate of drug-likeness (QED) is 0.274. The molecule has 3 aromatic rings. The molecule has 256 valence electrons. The van der Waals surface area contributed by atoms with E-state index >= 15 is 0 Å². The van der Waals surface area contributed by atoms with Crippen LogP contribution in [0, 0.1) is 11.3 Å². The van der Waals surface area contributed by atoms with Gasteiger partial charge in [0.2, 0.25) is 17.7 Å². The predicted molar refractivity (Wildman–Crippen MR) is 186 cm³/mol. The molecule has 0 radical (unpaired) electrons. The van der Waals surface area contributed by atoms with Crippen molar-refractivity contribution in [3.63, 3.8) is 0 Å². The highest BCUT2D eigenvalue weighted by Crippen LogP contribution is 2.46. The van der Waals surface area contributed by atoms with Gasteiger partial charge in [-0.1, -0.05) is 43.0 Å². The fourth-order valence-corrected chi connectivity index (χ4v) is 7.25. The number of halogens is 1. The van der Waals surface area contributed by atoms with Crippen LogP contribution >= 0.6 is 11.6 Å². The highest BCUT2D eigenvalue weighted by atomic mass is 35.5. The first-order chi connectivity index (χ1) is 22.7. The zero-order valence-electron chi connectivity index (χ0n) is 28.1. The summed E-state index contributed by atoms with van der Waals surface area (Å²) < 4.78 is 5.81. The molecule has 11 heteroatoms. The van der Waals surface area contributed by atoms with E-state index in [1.807, 2.05) is 20.8 Å². The van der Waals surface area contributed by atoms with Crippen LogP contribution in [0.1, 0.15) is 88.8 Å². The Kier molecular flexibility index (Phi) is 10.6. The van der Waals surface area contributed by atoms with E-state index in [1.165, 1.54) is 25.5 Å². The third-order valence-electron chi connectivity index (χ3n) is 9.52. The second-order valence-electron chi connectivity index (χ2n) is 14.2. The van der Waals surface area contributed by atoms with Gasteiger partial charge in [-0.25, -0.2) is 0 Å². The molecule has 2 heterocycles. The molecule has 0 spiro atoms. The zero-order chi connectivity index (χ0) is 34.6. The van der Waals surface area contributed by atoms with Crippen molar-refractivity contribution < 1.29 is 23.6 Å². The van der Waals surface area contributed by atoms with Gasteiger partial charge in [0.1, 0.15) is 11.6 Å². The lowest BCUT2D eigenvalue weighted by molar-refractivity contribution is -0.147. The molecule has 1 saturated heterocycles. The van der Waals surface area contributed by atoms with Gasteiger partial charge in [-0.05, 0) is 88.3 Å². The Balaban J connectivity index is 1.38. The first-order valence-electron chi connectivity index (χ1n) is 16.8. The minimum absolute atomic E-state index is 0.0653. The molecule has 2 aromatic carbocycles. The first kappa shape index (κ1) is 35.1. The highest BCUT2D eigenvalue weighted by Gasteiger charge is 2.49. The Bertz CT molecular complexity index is 1730. The highest BCUT2D eigenvalue weighted by molar-refractivity contribution is 6.30. The summed E-state index contributed by atoms with van der Waals surface area (Å²) in [5.74, 6) is -1.16. The number of carbonyl (C=O) groups is 4. The van der Waals surface area contributed by atoms with Crippen molar-refractivity contribution >= 4 is 51.9 Å². The van der Waals surface area contributed by atoms with Crippen molar-refractivity contribution in [3.8, 4) is 0 Å². The van der Waals surface area contributed by atoms with Crippen LogP contribution in [0.5, 0.6) is 0 Å². The number of nitrogens with zero attached hydrogens (tertiary/aromatic N) is 1. The van der Waals surface area contributed by atoms with Crippen molar-refractivity contribution in [2.45, 2.75) is 90.6 Å². The SMILES string of the molecule is CC(=O)Nc1ccc2oc(C(=O)N[C@H](Cc3ccc(Cl)cc3)C(=O)N3CCC(C(=O)NC(C)(C)C)(C4CCCCC4)CC3)cc(=O)c2c1. The van der Waals surface area contributed by atoms with Crippen LogP contribution in [0.4, 0.5) is 5.69 Å². The number of fused-ring (bicyclic) bond motifs is 1. The van der Waals surface area contributed by atoms with E-state index in [4.69, 9.17) is 16.0 Å². The van der Waals surface area contributed by atoms with E-state index < -0.39 is 22.8 Å². The normalized spacial score (nSPS) is 17.4. The molecule has 0 bridgehead atoms. The molecule has 3 N–H and O–H groups in total. The van der Waals surface area contributed by atoms with Crippen LogP contribution in [0.3, 0.4) is 0 Å². The van der Waals surface area contributed by atoms with Crippen molar-refractivity contribution in [1.82, 2.24) is 15.5 Å². The fraction of sp³-hybridized carbons (Fsp3) is 0.486. The van der Waals surface area contributed by atoms with E-state index in [2.05, 4.69) is 16.0 Å². The number of rotatable bonds is 8. The molecule has 48 heavy (non-hydrogen) atoms. The minimum Gasteiger partial charge on any atom is -0.451 e. The fourth-order valence-electron chi connectivity index (χ4n) is 7.12. The Morgan fingerprint density at radius 1 is 0.979 bits per heavy atom. The number of benzene rings is 2. The van der Waals surface area contributed by atoms with Crippen LogP contribution in [-0.2, 0) is 20.8 Å². The van der Waals surface area contributed by atoms with Gasteiger partial charge in [0.05, 0.1) is 10.8 Å². The standard InChI is InChI=1S/C37H45ClN4O6/c1-23(43)39-27-14-15-31-28(21-27)30(44)22-32(48-31)33(45)40-29(20-24-10-12-26(38)13-11-24)34(46)42-18-16-37(17-19-42,25-8-6-5-7-9-25)35(47)41-36(2,3)4/h10-15,21-22,25,29H,5-9,16-20H2,1-4H3,(H,39,43)(H,40,45)(H,41,47)/t29-/m1/s1. The van der Waals surface area contributed by atoms with Crippen molar-refractivity contribution in [3.05, 3.63) is 75.1 Å². The van der Waals surface area contributed by atoms with Gasteiger partial charge >= 0.3 is 0 Å². The second-order valence-corrected chi connectivity index (χ2v) is 14.7. The number of amides is 4. The van der Waals surface area contributed by atoms with Crippen LogP contribution in [0.15, 0.2) is 57.7 Å². The van der Waals surface area contributed by atoms with Gasteiger partial charge in [0.25, 0.3) is 5.91 Å². The molecule has 1 aliphatic carbocycles. The summed E-state index contributed by atoms with van der Waals surface area (Å²) in [7, 11) is 0. The number of anilines is 1. The number of hydrogen-bond donors (Lipinski definition) is 3. The summed E-state index contributed by atoms with van der Waals surface area (Å²) in [4.78, 5) is 67.8. The summed E-state index contributed by atoms with van der Waals surface area (Å²) in [6.45, 7) is 8.11. The van der Waals surface area contributed by atoms with Gasteiger partial charge in [-0.2, -0.15) is 0 Å². The molecule has 1 aliphatic heterocycles. The van der Waals surface area contributed by atoms with Crippen LogP contribution < -0.4 is 21.4 Å². The van der Waals surface area contributed by atoms with Crippen LogP contribution in [0.25, 0.3) is 11.0 Å². The van der Waals surface area contributed by atoms with E-state index in [-0.39, 0.29) is 52.3 Å². The van der Waals surface area contributed by atoms with Gasteiger partial charge < -0.3 is 25.3 Å². The lowest BCUT2D eigenvalue weighted by Gasteiger charge is -2.48. The maximum atomic E-state index is 14.2. The summed E-state index contributed by atoms with van der Waals surface area (Å²) in [5, 5.41) is 9.45. The second kappa shape index (κ2) is 14.5. The Labute approximate surface area is 286 Å². The Hall–Kier alpha value is -4.18. The van der Waals surface area contributed by atoms with Crippen molar-refractivity contribution in [2.75, 3.05) is 18.4 Å². The van der Waals surface area contributed by atoms with Gasteiger partial charge in [0.15, 0.2) is 11.2 Å². The Morgan fingerprint density at radius 2 is 1.65 bits per heavy atom. The molecule has 0 unspecified atom stereocenters. The third-order valence-corrected chi connectivity index (χ3v) is 9.77. The molecule has 10 nitrogen and oxygen atoms in total. The topological polar surface area (TPSA) is 138 Å². The van der Waals surface area contributed by atoms with Crippen LogP contribution in [0.2, 0.25) is 5.02 Å². The van der Waals surface area contributed by atoms with Gasteiger partial charge in [-0.15, -0.1) is 0 Å². The molecule has 1 atom stereocenters. The first-order valence-corrected chi connectivity index (χ1v) is 17.1. The summed E-state index contributed by atoms with van der Waals surface area (Å²) in [6.07, 6.45) is 6.69. The number of carbonyl (C=O) groups excluding carboxylic acids is 4. The smallest absolute Gasteiger partial charge is 0.287 e. The van der Waals surface area contributed by atoms with E-state index in [9.17, 15) is 24.0 Å². The van der Waals surface area contributed by atoms with Gasteiger partial charge in [0, 0.05) is 48.7 Å². The molecule has 1 saturated carbocycles. The summed E-state index contributed by atoms with van der Waals surface area (Å²) in [5.41, 5.74) is 0.0159. The number of nitrogens with one attached hydrogen (secondary N) is 3. The van der Waals surface area contributed by atoms with E-state index in [0.717, 1.165) is 37.3 Å². The monoisotopic (exact) mass is 676 g/mol. The summed E-state index contributed by atoms with van der Waals surface area (Å²) >= 11 is 6.11. The molecular weight excluding hydrogens is 632 g/mol. The number of likely N-dealkylation sites (tertiary alicyclic amines) is 1. The minimum atomic E-state index is -0.965. The largest absolute Gasteiger partial charge is 0.451 e. The summed E-state index contributed by atoms with van der Waals surface area (Å²) in [6, 6.07) is 11.8. The molecular formula is C37H45ClN4O6. The average Bonchev–Trinajstić information content (AvgIpc) is 3.04. The van der Waals surface area contributed by atoms with Gasteiger partial charge in [-0.3, -0.25) is 24.0 Å². The predicted octanol–water partition coefficient (Wildman–Crippen LogP) is 5.85. The van der Waals surface area contributed by atoms with E-state index in [0.29, 0.717) is 36.6 Å². The zero-order valence-corrected chi connectivity index (χ0v) is 28.9. The van der Waals surface area contributed by atoms with Crippen molar-refractivity contribution in [2.24, 2.45) is 11.3 Å². The lowest BCUT2D eigenvalue weighted by atomic mass is 9.63. The van der Waals surface area contributed by atoms with Crippen molar-refractivity contribution in [1.29, 1.82) is 0 Å². The number of hydrogen-bond acceptors (Lipinski definition) is 6. The molecule has 2 fully saturated rings. The van der Waals surface area contributed by atoms with E-state index in [1.54, 1.807) is 35.2 Å². The molecule has 1 aromatic heterocycles. The molecule has 4 amide bonds. The number of piperidine rings is 1. The lowest BCUT2D eigenvalue weighted by Crippen LogP contribution is -2.59. The maximum absolute atomic E-state index is 14.2. The molecule has 5 rings (SSSR count). The molecule has 2 aliphatic rings. The maximum Gasteiger partial charge on any atom is 0.287 e. The third kappa shape index (κ3) is 8.27. The van der Waals surface area contributed by atoms with Crippen LogP contribution in [-0.4, -0.2) is 53.2 Å².